The number of hydrogen-bond donors (Lipinski definition) is 2. The van der Waals surface area contributed by atoms with Crippen molar-refractivity contribution in [1.82, 2.24) is 20.3 Å². The molecular weight excluding hydrogens is 761 g/mol. The molecule has 6 atom stereocenters. The number of nitrogens with one attached hydrogen (secondary N) is 1. The molecule has 6 aromatic carbocycles. The number of ether oxygens (including phenoxy) is 4. The van der Waals surface area contributed by atoms with Crippen molar-refractivity contribution in [2.75, 3.05) is 0 Å². The molecule has 9 nitrogen and oxygen atoms in total. The van der Waals surface area contributed by atoms with Crippen LogP contribution < -0.4 is 5.32 Å². The number of aryl methyl sites for hydroxylation is 1. The van der Waals surface area contributed by atoms with Crippen LogP contribution in [0.5, 0.6) is 0 Å². The zero-order chi connectivity index (χ0) is 41.5. The van der Waals surface area contributed by atoms with Crippen molar-refractivity contribution in [2.24, 2.45) is 0 Å². The van der Waals surface area contributed by atoms with Gasteiger partial charge in [-0.3, -0.25) is 4.68 Å². The zero-order valence-electron chi connectivity index (χ0n) is 34.3. The molecule has 0 unspecified atom stereocenters. The lowest BCUT2D eigenvalue weighted by atomic mass is 9.82. The lowest BCUT2D eigenvalue weighted by Crippen LogP contribution is -2.69. The van der Waals surface area contributed by atoms with Crippen molar-refractivity contribution in [2.45, 2.75) is 88.4 Å². The first-order chi connectivity index (χ1) is 30.2. The van der Waals surface area contributed by atoms with E-state index in [-0.39, 0.29) is 12.5 Å². The highest BCUT2D eigenvalue weighted by atomic mass is 16.6. The maximum absolute atomic E-state index is 12.5. The maximum Gasteiger partial charge on any atom is 0.115 e. The lowest BCUT2D eigenvalue weighted by molar-refractivity contribution is -0.251. The van der Waals surface area contributed by atoms with Crippen LogP contribution in [0.25, 0.3) is 0 Å². The average Bonchev–Trinajstić information content (AvgIpc) is 3.78. The number of aliphatic hydroxyl groups is 1. The summed E-state index contributed by atoms with van der Waals surface area (Å²) in [7, 11) is 0. The summed E-state index contributed by atoms with van der Waals surface area (Å²) < 4.78 is 29.2. The number of nitrogens with zero attached hydrogens (tertiary/aromatic N) is 3. The van der Waals surface area contributed by atoms with Crippen LogP contribution >= 0.6 is 0 Å². The summed E-state index contributed by atoms with van der Waals surface area (Å²) >= 11 is 0. The van der Waals surface area contributed by atoms with Gasteiger partial charge in [-0.05, 0) is 39.8 Å². The summed E-state index contributed by atoms with van der Waals surface area (Å²) in [6.45, 7) is 2.22. The monoisotopic (exact) mass is 814 g/mol. The highest BCUT2D eigenvalue weighted by Crippen LogP contribution is 2.34. The van der Waals surface area contributed by atoms with E-state index >= 15 is 0 Å². The third-order valence-electron chi connectivity index (χ3n) is 11.3. The van der Waals surface area contributed by atoms with Crippen LogP contribution in [0.4, 0.5) is 0 Å². The molecule has 0 amide bonds. The van der Waals surface area contributed by atoms with Gasteiger partial charge in [-0.1, -0.05) is 187 Å². The van der Waals surface area contributed by atoms with E-state index in [4.69, 9.17) is 18.9 Å². The summed E-state index contributed by atoms with van der Waals surface area (Å²) in [5, 5.41) is 25.3. The van der Waals surface area contributed by atoms with Crippen LogP contribution in [-0.4, -0.2) is 56.7 Å². The standard InChI is InChI=1S/C52H54N4O5/c57-48-47(53-33-45-34-56(55-54-45)32-31-46(43-27-15-5-16-28-43)44-29-17-6-18-30-44)49(58-35-39-19-7-1-8-20-39)51(60-37-41-23-11-3-12-24-41)52(61-38-42-25-13-4-14-26-42)50(48)59-36-40-21-9-2-10-22-40/h1-30,34,46-53,57H,31-33,35-38H2/t47-,48-,49+,50+,51-,52-/m1/s1. The molecule has 61 heavy (non-hydrogen) atoms. The van der Waals surface area contributed by atoms with Gasteiger partial charge in [-0.25, -0.2) is 0 Å². The smallest absolute Gasteiger partial charge is 0.115 e. The second-order valence-corrected chi connectivity index (χ2v) is 15.6. The van der Waals surface area contributed by atoms with Crippen molar-refractivity contribution in [3.63, 3.8) is 0 Å². The molecule has 1 saturated carbocycles. The molecular formula is C52H54N4O5. The van der Waals surface area contributed by atoms with E-state index in [1.165, 1.54) is 11.1 Å². The largest absolute Gasteiger partial charge is 0.389 e. The van der Waals surface area contributed by atoms with Crippen molar-refractivity contribution < 1.29 is 24.1 Å². The first-order valence-electron chi connectivity index (χ1n) is 21.2. The second kappa shape index (κ2) is 21.7. The Morgan fingerprint density at radius 3 is 1.31 bits per heavy atom. The minimum Gasteiger partial charge on any atom is -0.389 e. The van der Waals surface area contributed by atoms with Crippen LogP contribution in [0, 0.1) is 0 Å². The molecule has 8 rings (SSSR count). The molecule has 0 radical (unpaired) electrons. The van der Waals surface area contributed by atoms with E-state index in [9.17, 15) is 5.11 Å². The maximum atomic E-state index is 12.5. The molecule has 0 aliphatic heterocycles. The van der Waals surface area contributed by atoms with E-state index < -0.39 is 36.6 Å². The summed E-state index contributed by atoms with van der Waals surface area (Å²) in [4.78, 5) is 0. The van der Waals surface area contributed by atoms with Gasteiger partial charge in [0.25, 0.3) is 0 Å². The van der Waals surface area contributed by atoms with Crippen LogP contribution in [-0.2, 0) is 58.5 Å². The Bertz CT molecular complexity index is 2240. The summed E-state index contributed by atoms with van der Waals surface area (Å²) in [5.41, 5.74) is 7.30. The number of aromatic nitrogens is 3. The Morgan fingerprint density at radius 1 is 0.492 bits per heavy atom. The van der Waals surface area contributed by atoms with E-state index in [1.54, 1.807) is 0 Å². The Kier molecular flexibility index (Phi) is 14.9. The van der Waals surface area contributed by atoms with Gasteiger partial charge < -0.3 is 29.4 Å². The van der Waals surface area contributed by atoms with Gasteiger partial charge in [-0.15, -0.1) is 5.10 Å². The molecule has 0 saturated heterocycles. The predicted octanol–water partition coefficient (Wildman–Crippen LogP) is 8.67. The van der Waals surface area contributed by atoms with Crippen molar-refractivity contribution in [3.05, 3.63) is 227 Å². The normalized spacial score (nSPS) is 20.2. The molecule has 1 aromatic heterocycles. The van der Waals surface area contributed by atoms with Crippen LogP contribution in [0.15, 0.2) is 188 Å². The van der Waals surface area contributed by atoms with Gasteiger partial charge in [-0.2, -0.15) is 0 Å². The number of hydrogen-bond acceptors (Lipinski definition) is 8. The number of rotatable bonds is 20. The molecule has 1 fully saturated rings. The first kappa shape index (κ1) is 41.9. The fraction of sp³-hybridized carbons (Fsp3) is 0.269. The van der Waals surface area contributed by atoms with Gasteiger partial charge in [0.15, 0.2) is 0 Å². The quantitative estimate of drug-likeness (QED) is 0.0790. The van der Waals surface area contributed by atoms with Gasteiger partial charge >= 0.3 is 0 Å². The van der Waals surface area contributed by atoms with E-state index in [1.807, 2.05) is 132 Å². The summed E-state index contributed by atoms with van der Waals surface area (Å²) in [6.07, 6.45) is -0.970. The number of aliphatic hydroxyl groups excluding tert-OH is 1. The van der Waals surface area contributed by atoms with E-state index in [0.29, 0.717) is 32.9 Å². The van der Waals surface area contributed by atoms with Crippen LogP contribution in [0.2, 0.25) is 0 Å². The molecule has 0 spiro atoms. The van der Waals surface area contributed by atoms with Crippen LogP contribution in [0.1, 0.15) is 51.4 Å². The fourth-order valence-electron chi connectivity index (χ4n) is 8.16. The third kappa shape index (κ3) is 11.5. The molecule has 2 N–H and O–H groups in total. The van der Waals surface area contributed by atoms with Crippen molar-refractivity contribution in [1.29, 1.82) is 0 Å². The van der Waals surface area contributed by atoms with E-state index in [2.05, 4.69) is 76.3 Å². The van der Waals surface area contributed by atoms with Gasteiger partial charge in [0.1, 0.15) is 30.5 Å². The zero-order valence-corrected chi connectivity index (χ0v) is 34.3. The molecule has 1 aliphatic rings. The molecule has 9 heteroatoms. The SMILES string of the molecule is O[C@@H]1[C@@H](NCc2cn(CCC(c3ccccc3)c3ccccc3)nn2)[C@H](OCc2ccccc2)[C@@H](OCc2ccccc2)[C@H](OCc2ccccc2)[C@H]1OCc1ccccc1. The van der Waals surface area contributed by atoms with Gasteiger partial charge in [0.05, 0.1) is 38.2 Å². The minimum atomic E-state index is -1.05. The highest BCUT2D eigenvalue weighted by Gasteiger charge is 2.53. The molecule has 312 valence electrons. The van der Waals surface area contributed by atoms with E-state index in [0.717, 1.165) is 34.4 Å². The molecule has 1 heterocycles. The molecule has 7 aromatic rings. The van der Waals surface area contributed by atoms with Gasteiger partial charge in [0, 0.05) is 25.2 Å². The molecule has 1 aliphatic carbocycles. The average molecular weight is 815 g/mol. The lowest BCUT2D eigenvalue weighted by Gasteiger charge is -2.49. The topological polar surface area (TPSA) is 99.9 Å². The first-order valence-corrected chi connectivity index (χ1v) is 21.2. The van der Waals surface area contributed by atoms with Crippen molar-refractivity contribution >= 4 is 0 Å². The van der Waals surface area contributed by atoms with Crippen molar-refractivity contribution in [3.8, 4) is 0 Å². The summed E-state index contributed by atoms with van der Waals surface area (Å²) in [5.74, 6) is 0.214. The third-order valence-corrected chi connectivity index (χ3v) is 11.3. The number of benzene rings is 6. The van der Waals surface area contributed by atoms with Crippen LogP contribution in [0.3, 0.4) is 0 Å². The Balaban J connectivity index is 1.06. The fourth-order valence-corrected chi connectivity index (χ4v) is 8.16. The Labute approximate surface area is 358 Å². The van der Waals surface area contributed by atoms with Gasteiger partial charge in [0.2, 0.25) is 0 Å². The summed E-state index contributed by atoms with van der Waals surface area (Å²) in [6, 6.07) is 60.7. The highest BCUT2D eigenvalue weighted by molar-refractivity contribution is 5.32. The second-order valence-electron chi connectivity index (χ2n) is 15.6. The Hall–Kier alpha value is -5.78. The Morgan fingerprint density at radius 2 is 0.869 bits per heavy atom. The minimum absolute atomic E-state index is 0.214. The molecule has 0 bridgehead atoms. The predicted molar refractivity (Wildman–Crippen MR) is 236 cm³/mol.